The number of likely N-dealkylation sites (tertiary alicyclic amines) is 1. The van der Waals surface area contributed by atoms with Crippen LogP contribution in [-0.4, -0.2) is 34.3 Å². The first-order chi connectivity index (χ1) is 8.22. The van der Waals surface area contributed by atoms with Gasteiger partial charge in [0, 0.05) is 13.6 Å². The Kier molecular flexibility index (Phi) is 4.18. The monoisotopic (exact) mass is 236 g/mol. The number of nitrogens with zero attached hydrogens (tertiary/aromatic N) is 3. The molecule has 0 amide bonds. The Hall–Kier alpha value is -0.870. The van der Waals surface area contributed by atoms with Crippen molar-refractivity contribution in [2.45, 2.75) is 32.7 Å². The summed E-state index contributed by atoms with van der Waals surface area (Å²) < 4.78 is 2.02. The first kappa shape index (κ1) is 12.6. The van der Waals surface area contributed by atoms with Gasteiger partial charge in [0.05, 0.1) is 11.4 Å². The molecular weight excluding hydrogens is 212 g/mol. The summed E-state index contributed by atoms with van der Waals surface area (Å²) in [5, 5.41) is 4.50. The van der Waals surface area contributed by atoms with Crippen molar-refractivity contribution in [2.24, 2.45) is 18.7 Å². The number of hydrogen-bond donors (Lipinski definition) is 1. The van der Waals surface area contributed by atoms with E-state index in [1.807, 2.05) is 11.7 Å². The van der Waals surface area contributed by atoms with Crippen molar-refractivity contribution in [1.82, 2.24) is 14.7 Å². The summed E-state index contributed by atoms with van der Waals surface area (Å²) in [6.07, 6.45) is 3.51. The van der Waals surface area contributed by atoms with E-state index in [2.05, 4.69) is 23.0 Å². The lowest BCUT2D eigenvalue weighted by Crippen LogP contribution is -2.36. The lowest BCUT2D eigenvalue weighted by atomic mass is 9.97. The fourth-order valence-electron chi connectivity index (χ4n) is 2.50. The molecule has 1 saturated heterocycles. The van der Waals surface area contributed by atoms with Crippen molar-refractivity contribution in [1.29, 1.82) is 0 Å². The van der Waals surface area contributed by atoms with Crippen LogP contribution in [0, 0.1) is 5.92 Å². The van der Waals surface area contributed by atoms with E-state index in [0.717, 1.165) is 25.4 Å². The summed E-state index contributed by atoms with van der Waals surface area (Å²) >= 11 is 0. The molecule has 1 aromatic heterocycles. The van der Waals surface area contributed by atoms with Gasteiger partial charge in [-0.1, -0.05) is 6.92 Å². The number of piperidine rings is 1. The SMILES string of the molecule is CCc1cc(CN2CCC(CN)CC2)n(C)n1. The largest absolute Gasteiger partial charge is 0.330 e. The van der Waals surface area contributed by atoms with E-state index >= 15 is 0 Å². The highest BCUT2D eigenvalue weighted by molar-refractivity contribution is 5.10. The second-order valence-electron chi connectivity index (χ2n) is 5.06. The van der Waals surface area contributed by atoms with E-state index < -0.39 is 0 Å². The molecule has 2 N–H and O–H groups in total. The predicted octanol–water partition coefficient (Wildman–Crippen LogP) is 1.15. The van der Waals surface area contributed by atoms with E-state index in [0.29, 0.717) is 0 Å². The molecule has 0 bridgehead atoms. The maximum Gasteiger partial charge on any atom is 0.0625 e. The molecule has 1 aliphatic rings. The minimum Gasteiger partial charge on any atom is -0.330 e. The summed E-state index contributed by atoms with van der Waals surface area (Å²) in [6, 6.07) is 2.23. The van der Waals surface area contributed by atoms with Crippen LogP contribution in [0.15, 0.2) is 6.07 Å². The van der Waals surface area contributed by atoms with Crippen molar-refractivity contribution in [3.63, 3.8) is 0 Å². The lowest BCUT2D eigenvalue weighted by Gasteiger charge is -2.31. The number of hydrogen-bond acceptors (Lipinski definition) is 3. The van der Waals surface area contributed by atoms with Crippen LogP contribution in [0.5, 0.6) is 0 Å². The smallest absolute Gasteiger partial charge is 0.0625 e. The molecule has 0 atom stereocenters. The molecule has 96 valence electrons. The Morgan fingerprint density at radius 1 is 1.41 bits per heavy atom. The number of aromatic nitrogens is 2. The van der Waals surface area contributed by atoms with Gasteiger partial charge in [0.15, 0.2) is 0 Å². The summed E-state index contributed by atoms with van der Waals surface area (Å²) in [6.45, 7) is 6.38. The zero-order chi connectivity index (χ0) is 12.3. The Bertz CT molecular complexity index is 350. The van der Waals surface area contributed by atoms with Gasteiger partial charge in [0.1, 0.15) is 0 Å². The molecule has 0 unspecified atom stereocenters. The quantitative estimate of drug-likeness (QED) is 0.853. The highest BCUT2D eigenvalue weighted by Gasteiger charge is 2.19. The van der Waals surface area contributed by atoms with Gasteiger partial charge in [-0.05, 0) is 50.9 Å². The van der Waals surface area contributed by atoms with Crippen LogP contribution in [0.2, 0.25) is 0 Å². The maximum atomic E-state index is 5.71. The van der Waals surface area contributed by atoms with Crippen LogP contribution in [0.3, 0.4) is 0 Å². The van der Waals surface area contributed by atoms with E-state index in [-0.39, 0.29) is 0 Å². The van der Waals surface area contributed by atoms with E-state index in [1.54, 1.807) is 0 Å². The van der Waals surface area contributed by atoms with Crippen LogP contribution in [0.4, 0.5) is 0 Å². The van der Waals surface area contributed by atoms with Gasteiger partial charge < -0.3 is 5.73 Å². The van der Waals surface area contributed by atoms with Crippen molar-refractivity contribution < 1.29 is 0 Å². The van der Waals surface area contributed by atoms with Gasteiger partial charge in [-0.3, -0.25) is 9.58 Å². The molecule has 0 aliphatic carbocycles. The van der Waals surface area contributed by atoms with E-state index in [1.165, 1.54) is 37.3 Å². The molecule has 0 saturated carbocycles. The minimum absolute atomic E-state index is 0.740. The summed E-state index contributed by atoms with van der Waals surface area (Å²) in [4.78, 5) is 2.52. The molecule has 4 heteroatoms. The average molecular weight is 236 g/mol. The molecule has 4 nitrogen and oxygen atoms in total. The van der Waals surface area contributed by atoms with Crippen molar-refractivity contribution >= 4 is 0 Å². The molecule has 0 radical (unpaired) electrons. The normalized spacial score (nSPS) is 18.8. The first-order valence-electron chi connectivity index (χ1n) is 6.67. The van der Waals surface area contributed by atoms with Gasteiger partial charge in [-0.15, -0.1) is 0 Å². The second-order valence-corrected chi connectivity index (χ2v) is 5.06. The standard InChI is InChI=1S/C13H24N4/c1-3-12-8-13(16(2)15-12)10-17-6-4-11(9-14)5-7-17/h8,11H,3-7,9-10,14H2,1-2H3. The molecule has 2 heterocycles. The second kappa shape index (κ2) is 5.65. The van der Waals surface area contributed by atoms with Crippen LogP contribution in [0.1, 0.15) is 31.2 Å². The van der Waals surface area contributed by atoms with Gasteiger partial charge in [0.25, 0.3) is 0 Å². The van der Waals surface area contributed by atoms with Gasteiger partial charge in [-0.2, -0.15) is 5.10 Å². The van der Waals surface area contributed by atoms with Crippen LogP contribution in [0.25, 0.3) is 0 Å². The average Bonchev–Trinajstić information content (AvgIpc) is 2.71. The minimum atomic E-state index is 0.740. The number of aryl methyl sites for hydroxylation is 2. The van der Waals surface area contributed by atoms with Crippen LogP contribution < -0.4 is 5.73 Å². The Labute approximate surface area is 104 Å². The molecule has 17 heavy (non-hydrogen) atoms. The van der Waals surface area contributed by atoms with Gasteiger partial charge in [-0.25, -0.2) is 0 Å². The van der Waals surface area contributed by atoms with E-state index in [4.69, 9.17) is 5.73 Å². The lowest BCUT2D eigenvalue weighted by molar-refractivity contribution is 0.177. The zero-order valence-corrected chi connectivity index (χ0v) is 11.0. The molecule has 1 fully saturated rings. The summed E-state index contributed by atoms with van der Waals surface area (Å²) in [5.74, 6) is 0.740. The van der Waals surface area contributed by atoms with Crippen molar-refractivity contribution in [3.05, 3.63) is 17.5 Å². The molecule has 2 rings (SSSR count). The third-order valence-corrected chi connectivity index (χ3v) is 3.82. The fraction of sp³-hybridized carbons (Fsp3) is 0.769. The third-order valence-electron chi connectivity index (χ3n) is 3.82. The topological polar surface area (TPSA) is 47.1 Å². The maximum absolute atomic E-state index is 5.71. The Morgan fingerprint density at radius 3 is 2.65 bits per heavy atom. The molecular formula is C13H24N4. The van der Waals surface area contributed by atoms with Crippen LogP contribution in [-0.2, 0) is 20.0 Å². The highest BCUT2D eigenvalue weighted by Crippen LogP contribution is 2.18. The molecule has 1 aliphatic heterocycles. The van der Waals surface area contributed by atoms with Crippen molar-refractivity contribution in [3.8, 4) is 0 Å². The first-order valence-corrected chi connectivity index (χ1v) is 6.67. The molecule has 0 spiro atoms. The highest BCUT2D eigenvalue weighted by atomic mass is 15.3. The van der Waals surface area contributed by atoms with Crippen molar-refractivity contribution in [2.75, 3.05) is 19.6 Å². The molecule has 1 aromatic rings. The Balaban J connectivity index is 1.90. The number of nitrogens with two attached hydrogens (primary N) is 1. The third kappa shape index (κ3) is 3.07. The predicted molar refractivity (Wildman–Crippen MR) is 69.6 cm³/mol. The number of rotatable bonds is 4. The zero-order valence-electron chi connectivity index (χ0n) is 11.0. The Morgan fingerprint density at radius 2 is 2.12 bits per heavy atom. The van der Waals surface area contributed by atoms with Crippen LogP contribution >= 0.6 is 0 Å². The van der Waals surface area contributed by atoms with Gasteiger partial charge >= 0.3 is 0 Å². The van der Waals surface area contributed by atoms with E-state index in [9.17, 15) is 0 Å². The summed E-state index contributed by atoms with van der Waals surface area (Å²) in [7, 11) is 2.04. The fourth-order valence-corrected chi connectivity index (χ4v) is 2.50. The summed E-state index contributed by atoms with van der Waals surface area (Å²) in [5.41, 5.74) is 8.23. The van der Waals surface area contributed by atoms with Gasteiger partial charge in [0.2, 0.25) is 0 Å². The molecule has 0 aromatic carbocycles.